The van der Waals surface area contributed by atoms with E-state index >= 15 is 0 Å². The summed E-state index contributed by atoms with van der Waals surface area (Å²) in [6.45, 7) is 14.0. The molecule has 2 atom stereocenters. The fourth-order valence-electron chi connectivity index (χ4n) is 2.36. The van der Waals surface area contributed by atoms with Crippen molar-refractivity contribution >= 4 is 41.3 Å². The van der Waals surface area contributed by atoms with E-state index in [1.807, 2.05) is 7.05 Å². The average molecular weight is 452 g/mol. The van der Waals surface area contributed by atoms with E-state index in [2.05, 4.69) is 72.0 Å². The number of rotatable bonds is 8. The molecule has 0 aliphatic rings. The highest BCUT2D eigenvalue weighted by Crippen LogP contribution is 2.22. The van der Waals surface area contributed by atoms with Crippen LogP contribution in [0, 0.1) is 5.92 Å². The molecule has 0 radical (unpaired) electrons. The van der Waals surface area contributed by atoms with Crippen molar-refractivity contribution < 1.29 is 0 Å². The van der Waals surface area contributed by atoms with Gasteiger partial charge in [-0.3, -0.25) is 9.89 Å². The van der Waals surface area contributed by atoms with Crippen molar-refractivity contribution in [2.45, 2.75) is 46.7 Å². The number of nitrogens with zero attached hydrogens (tertiary/aromatic N) is 2. The van der Waals surface area contributed by atoms with Crippen molar-refractivity contribution in [2.24, 2.45) is 10.9 Å². The summed E-state index contributed by atoms with van der Waals surface area (Å²) in [6.07, 6.45) is 0. The summed E-state index contributed by atoms with van der Waals surface area (Å²) in [6, 6.07) is 3.01. The van der Waals surface area contributed by atoms with E-state index in [9.17, 15) is 0 Å². The molecule has 0 saturated carbocycles. The molecular formula is C17H33IN4S. The van der Waals surface area contributed by atoms with Crippen molar-refractivity contribution in [2.75, 3.05) is 26.7 Å². The molecule has 0 fully saturated rings. The first-order valence-corrected chi connectivity index (χ1v) is 9.21. The standard InChI is InChI=1S/C17H32N4S.HI/c1-7-21(8-2)16(15-9-10-22-12-15)11-19-17(18-6)20-14(5)13(3)4;/h9-10,12-14,16H,7-8,11H2,1-6H3,(H2,18,19,20);1H. The molecule has 1 aromatic heterocycles. The quantitative estimate of drug-likeness (QED) is 0.357. The van der Waals surface area contributed by atoms with E-state index in [4.69, 9.17) is 0 Å². The van der Waals surface area contributed by atoms with Crippen LogP contribution < -0.4 is 10.6 Å². The van der Waals surface area contributed by atoms with Crippen LogP contribution >= 0.6 is 35.3 Å². The van der Waals surface area contributed by atoms with Crippen molar-refractivity contribution in [1.82, 2.24) is 15.5 Å². The maximum atomic E-state index is 4.35. The first-order chi connectivity index (χ1) is 10.5. The molecule has 0 aliphatic carbocycles. The number of hydrogen-bond acceptors (Lipinski definition) is 3. The second-order valence-electron chi connectivity index (χ2n) is 5.92. The van der Waals surface area contributed by atoms with E-state index in [-0.39, 0.29) is 24.0 Å². The van der Waals surface area contributed by atoms with Gasteiger partial charge in [-0.05, 0) is 48.3 Å². The molecule has 23 heavy (non-hydrogen) atoms. The van der Waals surface area contributed by atoms with Crippen molar-refractivity contribution in [3.63, 3.8) is 0 Å². The van der Waals surface area contributed by atoms with Gasteiger partial charge in [0, 0.05) is 19.6 Å². The lowest BCUT2D eigenvalue weighted by Crippen LogP contribution is -2.47. The molecule has 2 N–H and O–H groups in total. The van der Waals surface area contributed by atoms with Crippen LogP contribution in [0.25, 0.3) is 0 Å². The van der Waals surface area contributed by atoms with Crippen LogP contribution in [0.15, 0.2) is 21.8 Å². The molecule has 4 nitrogen and oxygen atoms in total. The Balaban J connectivity index is 0.00000484. The predicted octanol–water partition coefficient (Wildman–Crippen LogP) is 3.96. The van der Waals surface area contributed by atoms with Gasteiger partial charge in [-0.15, -0.1) is 24.0 Å². The largest absolute Gasteiger partial charge is 0.354 e. The molecule has 0 amide bonds. The second kappa shape index (κ2) is 12.1. The Morgan fingerprint density at radius 3 is 2.35 bits per heavy atom. The first kappa shape index (κ1) is 22.7. The number of thiophene rings is 1. The molecule has 0 aliphatic heterocycles. The highest BCUT2D eigenvalue weighted by Gasteiger charge is 2.19. The number of guanidine groups is 1. The van der Waals surface area contributed by atoms with Gasteiger partial charge in [0.05, 0.1) is 6.04 Å². The Morgan fingerprint density at radius 1 is 1.26 bits per heavy atom. The smallest absolute Gasteiger partial charge is 0.191 e. The van der Waals surface area contributed by atoms with Crippen LogP contribution in [-0.2, 0) is 0 Å². The van der Waals surface area contributed by atoms with E-state index < -0.39 is 0 Å². The molecular weight excluding hydrogens is 419 g/mol. The third-order valence-corrected chi connectivity index (χ3v) is 4.93. The lowest BCUT2D eigenvalue weighted by atomic mass is 10.1. The zero-order valence-electron chi connectivity index (χ0n) is 15.3. The average Bonchev–Trinajstić information content (AvgIpc) is 3.03. The molecule has 0 aromatic carbocycles. The van der Waals surface area contributed by atoms with Crippen LogP contribution in [0.4, 0.5) is 0 Å². The van der Waals surface area contributed by atoms with E-state index in [0.717, 1.165) is 25.6 Å². The molecule has 1 aromatic rings. The van der Waals surface area contributed by atoms with Gasteiger partial charge in [-0.25, -0.2) is 0 Å². The fraction of sp³-hybridized carbons (Fsp3) is 0.706. The Kier molecular flexibility index (Phi) is 11.9. The van der Waals surface area contributed by atoms with Crippen LogP contribution in [0.3, 0.4) is 0 Å². The van der Waals surface area contributed by atoms with E-state index in [1.165, 1.54) is 5.56 Å². The summed E-state index contributed by atoms with van der Waals surface area (Å²) >= 11 is 1.76. The number of nitrogens with one attached hydrogen (secondary N) is 2. The summed E-state index contributed by atoms with van der Waals surface area (Å²) in [5, 5.41) is 11.4. The van der Waals surface area contributed by atoms with Crippen LogP contribution in [-0.4, -0.2) is 43.6 Å². The SMILES string of the molecule is CCN(CC)C(CNC(=NC)NC(C)C(C)C)c1ccsc1.I. The Labute approximate surface area is 163 Å². The molecule has 0 bridgehead atoms. The predicted molar refractivity (Wildman–Crippen MR) is 114 cm³/mol. The second-order valence-corrected chi connectivity index (χ2v) is 6.70. The van der Waals surface area contributed by atoms with Crippen molar-refractivity contribution in [3.05, 3.63) is 22.4 Å². The van der Waals surface area contributed by atoms with Crippen LogP contribution in [0.2, 0.25) is 0 Å². The van der Waals surface area contributed by atoms with Gasteiger partial charge in [0.2, 0.25) is 0 Å². The normalized spacial score (nSPS) is 14.5. The molecule has 134 valence electrons. The van der Waals surface area contributed by atoms with Gasteiger partial charge in [0.25, 0.3) is 0 Å². The van der Waals surface area contributed by atoms with Gasteiger partial charge < -0.3 is 10.6 Å². The van der Waals surface area contributed by atoms with Crippen molar-refractivity contribution in [3.8, 4) is 0 Å². The minimum absolute atomic E-state index is 0. The van der Waals surface area contributed by atoms with E-state index in [0.29, 0.717) is 18.0 Å². The van der Waals surface area contributed by atoms with Gasteiger partial charge in [-0.2, -0.15) is 11.3 Å². The lowest BCUT2D eigenvalue weighted by Gasteiger charge is -2.30. The number of aliphatic imine (C=N–C) groups is 1. The van der Waals surface area contributed by atoms with Crippen LogP contribution in [0.1, 0.15) is 46.2 Å². The topological polar surface area (TPSA) is 39.7 Å². The zero-order valence-corrected chi connectivity index (χ0v) is 18.4. The summed E-state index contributed by atoms with van der Waals surface area (Å²) in [7, 11) is 1.83. The number of hydrogen-bond donors (Lipinski definition) is 2. The van der Waals surface area contributed by atoms with Gasteiger partial charge >= 0.3 is 0 Å². The monoisotopic (exact) mass is 452 g/mol. The summed E-state index contributed by atoms with van der Waals surface area (Å²) < 4.78 is 0. The summed E-state index contributed by atoms with van der Waals surface area (Å²) in [5.41, 5.74) is 1.38. The maximum absolute atomic E-state index is 4.35. The third-order valence-electron chi connectivity index (χ3n) is 4.23. The minimum Gasteiger partial charge on any atom is -0.354 e. The summed E-state index contributed by atoms with van der Waals surface area (Å²) in [4.78, 5) is 6.83. The third kappa shape index (κ3) is 7.39. The molecule has 6 heteroatoms. The van der Waals surface area contributed by atoms with Gasteiger partial charge in [-0.1, -0.05) is 27.7 Å². The summed E-state index contributed by atoms with van der Waals surface area (Å²) in [5.74, 6) is 1.46. The van der Waals surface area contributed by atoms with E-state index in [1.54, 1.807) is 11.3 Å². The highest BCUT2D eigenvalue weighted by atomic mass is 127. The Bertz CT molecular complexity index is 430. The lowest BCUT2D eigenvalue weighted by molar-refractivity contribution is 0.219. The number of likely N-dealkylation sites (N-methyl/N-ethyl adjacent to an activating group) is 1. The number of halogens is 1. The zero-order chi connectivity index (χ0) is 16.5. The van der Waals surface area contributed by atoms with Crippen LogP contribution in [0.5, 0.6) is 0 Å². The van der Waals surface area contributed by atoms with Gasteiger partial charge in [0.15, 0.2) is 5.96 Å². The molecule has 0 spiro atoms. The first-order valence-electron chi connectivity index (χ1n) is 8.26. The fourth-order valence-corrected chi connectivity index (χ4v) is 3.06. The highest BCUT2D eigenvalue weighted by molar-refractivity contribution is 14.0. The minimum atomic E-state index is 0. The Hall–Kier alpha value is -0.340. The molecule has 1 heterocycles. The molecule has 1 rings (SSSR count). The molecule has 2 unspecified atom stereocenters. The maximum Gasteiger partial charge on any atom is 0.191 e. The Morgan fingerprint density at radius 2 is 1.91 bits per heavy atom. The molecule has 0 saturated heterocycles. The van der Waals surface area contributed by atoms with Crippen molar-refractivity contribution in [1.29, 1.82) is 0 Å². The van der Waals surface area contributed by atoms with Gasteiger partial charge in [0.1, 0.15) is 0 Å².